The van der Waals surface area contributed by atoms with Gasteiger partial charge in [-0.2, -0.15) is 0 Å². The third-order valence-corrected chi connectivity index (χ3v) is 5.45. The van der Waals surface area contributed by atoms with Crippen LogP contribution in [0.25, 0.3) is 0 Å². The van der Waals surface area contributed by atoms with Gasteiger partial charge in [-0.15, -0.1) is 6.58 Å². The third kappa shape index (κ3) is 3.40. The number of hydrogen-bond acceptors (Lipinski definition) is 1. The van der Waals surface area contributed by atoms with Crippen molar-refractivity contribution in [3.8, 4) is 0 Å². The van der Waals surface area contributed by atoms with Crippen molar-refractivity contribution in [3.05, 3.63) is 12.7 Å². The first-order chi connectivity index (χ1) is 8.97. The lowest BCUT2D eigenvalue weighted by atomic mass is 9.75. The molecular weight excluding hydrogens is 234 g/mol. The molecule has 0 aromatic heterocycles. The molecule has 0 saturated carbocycles. The Bertz CT molecular complexity index is 309. The molecule has 1 fully saturated rings. The molecule has 0 radical (unpaired) electrons. The molecule has 0 aliphatic carbocycles. The lowest BCUT2D eigenvalue weighted by Gasteiger charge is -2.43. The summed E-state index contributed by atoms with van der Waals surface area (Å²) in [7, 11) is 0. The van der Waals surface area contributed by atoms with Crippen LogP contribution in [0.5, 0.6) is 0 Å². The van der Waals surface area contributed by atoms with Crippen LogP contribution in [-0.4, -0.2) is 23.9 Å². The molecule has 0 unspecified atom stereocenters. The number of carbonyl (C=O) groups is 1. The molecule has 110 valence electrons. The van der Waals surface area contributed by atoms with E-state index < -0.39 is 0 Å². The van der Waals surface area contributed by atoms with E-state index in [1.54, 1.807) is 0 Å². The van der Waals surface area contributed by atoms with Crippen molar-refractivity contribution in [1.82, 2.24) is 4.90 Å². The first-order valence-corrected chi connectivity index (χ1v) is 7.87. The summed E-state index contributed by atoms with van der Waals surface area (Å²) in [4.78, 5) is 15.0. The maximum Gasteiger partial charge on any atom is 0.229 e. The molecule has 0 atom stereocenters. The number of rotatable bonds is 6. The SMILES string of the molecule is C=CCC(CC)(CC)C(=O)N1CCC(C)(CC)CC1. The topological polar surface area (TPSA) is 20.3 Å². The second kappa shape index (κ2) is 6.58. The van der Waals surface area contributed by atoms with E-state index in [2.05, 4.69) is 39.2 Å². The van der Waals surface area contributed by atoms with Crippen LogP contribution in [0.1, 0.15) is 66.2 Å². The standard InChI is InChI=1S/C17H31NO/c1-6-10-17(8-3,9-4)15(19)18-13-11-16(5,7-2)12-14-18/h6H,1,7-14H2,2-5H3. The molecule has 0 spiro atoms. The maximum absolute atomic E-state index is 12.8. The lowest BCUT2D eigenvalue weighted by molar-refractivity contribution is -0.145. The maximum atomic E-state index is 12.8. The molecule has 1 aliphatic rings. The highest BCUT2D eigenvalue weighted by atomic mass is 16.2. The molecule has 2 nitrogen and oxygen atoms in total. The van der Waals surface area contributed by atoms with E-state index >= 15 is 0 Å². The molecule has 1 saturated heterocycles. The van der Waals surface area contributed by atoms with Gasteiger partial charge in [-0.05, 0) is 37.5 Å². The number of piperidine rings is 1. The van der Waals surface area contributed by atoms with E-state index in [1.165, 1.54) is 6.42 Å². The van der Waals surface area contributed by atoms with Gasteiger partial charge in [-0.1, -0.05) is 40.2 Å². The van der Waals surface area contributed by atoms with E-state index in [1.807, 2.05) is 6.08 Å². The van der Waals surface area contributed by atoms with Gasteiger partial charge >= 0.3 is 0 Å². The zero-order chi connectivity index (χ0) is 14.5. The van der Waals surface area contributed by atoms with Crippen molar-refractivity contribution >= 4 is 5.91 Å². The second-order valence-electron chi connectivity index (χ2n) is 6.44. The predicted octanol–water partition coefficient (Wildman–Crippen LogP) is 4.41. The molecule has 0 N–H and O–H groups in total. The average Bonchev–Trinajstić information content (AvgIpc) is 2.45. The molecule has 2 heteroatoms. The summed E-state index contributed by atoms with van der Waals surface area (Å²) in [6.45, 7) is 14.6. The molecule has 0 bridgehead atoms. The first kappa shape index (κ1) is 16.3. The molecule has 0 aromatic carbocycles. The van der Waals surface area contributed by atoms with E-state index in [4.69, 9.17) is 0 Å². The Kier molecular flexibility index (Phi) is 5.64. The van der Waals surface area contributed by atoms with E-state index in [9.17, 15) is 4.79 Å². The van der Waals surface area contributed by atoms with Gasteiger partial charge in [-0.25, -0.2) is 0 Å². The van der Waals surface area contributed by atoms with Crippen LogP contribution in [0.15, 0.2) is 12.7 Å². The number of likely N-dealkylation sites (tertiary alicyclic amines) is 1. The first-order valence-electron chi connectivity index (χ1n) is 7.87. The minimum Gasteiger partial charge on any atom is -0.342 e. The van der Waals surface area contributed by atoms with Crippen LogP contribution in [-0.2, 0) is 4.79 Å². The summed E-state index contributed by atoms with van der Waals surface area (Å²) in [5, 5.41) is 0. The Labute approximate surface area is 119 Å². The van der Waals surface area contributed by atoms with Crippen LogP contribution in [0.3, 0.4) is 0 Å². The van der Waals surface area contributed by atoms with Gasteiger partial charge in [0.15, 0.2) is 0 Å². The molecule has 1 rings (SSSR count). The number of nitrogens with zero attached hydrogens (tertiary/aromatic N) is 1. The van der Waals surface area contributed by atoms with Crippen LogP contribution in [0, 0.1) is 10.8 Å². The van der Waals surface area contributed by atoms with Crippen molar-refractivity contribution in [3.63, 3.8) is 0 Å². The van der Waals surface area contributed by atoms with Crippen molar-refractivity contribution in [2.24, 2.45) is 10.8 Å². The third-order valence-electron chi connectivity index (χ3n) is 5.45. The quantitative estimate of drug-likeness (QED) is 0.651. The normalized spacial score (nSPS) is 19.3. The largest absolute Gasteiger partial charge is 0.342 e. The number of hydrogen-bond donors (Lipinski definition) is 0. The summed E-state index contributed by atoms with van der Waals surface area (Å²) in [5.41, 5.74) is 0.234. The highest BCUT2D eigenvalue weighted by molar-refractivity contribution is 5.83. The number of carbonyl (C=O) groups excluding carboxylic acids is 1. The van der Waals surface area contributed by atoms with Crippen LogP contribution in [0.2, 0.25) is 0 Å². The summed E-state index contributed by atoms with van der Waals surface area (Å²) < 4.78 is 0. The minimum atomic E-state index is -0.207. The monoisotopic (exact) mass is 265 g/mol. The van der Waals surface area contributed by atoms with Crippen molar-refractivity contribution in [2.45, 2.75) is 66.2 Å². The molecule has 1 aliphatic heterocycles. The predicted molar refractivity (Wildman–Crippen MR) is 82.0 cm³/mol. The van der Waals surface area contributed by atoms with Gasteiger partial charge in [0.2, 0.25) is 5.91 Å². The highest BCUT2D eigenvalue weighted by Gasteiger charge is 2.39. The van der Waals surface area contributed by atoms with E-state index in [0.29, 0.717) is 11.3 Å². The molecule has 1 amide bonds. The number of amides is 1. The van der Waals surface area contributed by atoms with Crippen molar-refractivity contribution < 1.29 is 4.79 Å². The zero-order valence-corrected chi connectivity index (χ0v) is 13.3. The van der Waals surface area contributed by atoms with Crippen molar-refractivity contribution in [1.29, 1.82) is 0 Å². The van der Waals surface area contributed by atoms with Crippen LogP contribution >= 0.6 is 0 Å². The van der Waals surface area contributed by atoms with E-state index in [-0.39, 0.29) is 5.41 Å². The second-order valence-corrected chi connectivity index (χ2v) is 6.44. The van der Waals surface area contributed by atoms with Crippen LogP contribution in [0.4, 0.5) is 0 Å². The highest BCUT2D eigenvalue weighted by Crippen LogP contribution is 2.38. The average molecular weight is 265 g/mol. The Morgan fingerprint density at radius 3 is 2.16 bits per heavy atom. The lowest BCUT2D eigenvalue weighted by Crippen LogP contribution is -2.48. The van der Waals surface area contributed by atoms with Crippen LogP contribution < -0.4 is 0 Å². The summed E-state index contributed by atoms with van der Waals surface area (Å²) in [6.07, 6.45) is 8.05. The number of allylic oxidation sites excluding steroid dienone is 1. The van der Waals surface area contributed by atoms with Gasteiger partial charge in [0.1, 0.15) is 0 Å². The Balaban J connectivity index is 2.75. The van der Waals surface area contributed by atoms with E-state index in [0.717, 1.165) is 45.2 Å². The summed E-state index contributed by atoms with van der Waals surface area (Å²) >= 11 is 0. The fourth-order valence-corrected chi connectivity index (χ4v) is 3.14. The van der Waals surface area contributed by atoms with Gasteiger partial charge in [0.05, 0.1) is 5.41 Å². The van der Waals surface area contributed by atoms with Gasteiger partial charge in [-0.3, -0.25) is 4.79 Å². The molecular formula is C17H31NO. The van der Waals surface area contributed by atoms with Gasteiger partial charge in [0, 0.05) is 13.1 Å². The zero-order valence-electron chi connectivity index (χ0n) is 13.3. The smallest absolute Gasteiger partial charge is 0.229 e. The Morgan fingerprint density at radius 1 is 1.26 bits per heavy atom. The van der Waals surface area contributed by atoms with Gasteiger partial charge < -0.3 is 4.90 Å². The Hall–Kier alpha value is -0.790. The fourth-order valence-electron chi connectivity index (χ4n) is 3.14. The molecule has 0 aromatic rings. The Morgan fingerprint density at radius 2 is 1.79 bits per heavy atom. The molecule has 1 heterocycles. The minimum absolute atomic E-state index is 0.207. The molecule has 19 heavy (non-hydrogen) atoms. The fraction of sp³-hybridized carbons (Fsp3) is 0.824. The van der Waals surface area contributed by atoms with Crippen molar-refractivity contribution in [2.75, 3.05) is 13.1 Å². The summed E-state index contributed by atoms with van der Waals surface area (Å²) in [6, 6.07) is 0. The summed E-state index contributed by atoms with van der Waals surface area (Å²) in [5.74, 6) is 0.357. The van der Waals surface area contributed by atoms with Gasteiger partial charge in [0.25, 0.3) is 0 Å².